The molecule has 0 atom stereocenters. The average molecular weight is 306 g/mol. The number of aromatic amines is 1. The van der Waals surface area contributed by atoms with Crippen molar-refractivity contribution in [1.82, 2.24) is 10.2 Å². The summed E-state index contributed by atoms with van der Waals surface area (Å²) in [5.41, 5.74) is 0.511. The van der Waals surface area contributed by atoms with E-state index in [1.807, 2.05) is 24.3 Å². The summed E-state index contributed by atoms with van der Waals surface area (Å²) in [5.74, 6) is 0.200. The molecule has 0 bridgehead atoms. The van der Waals surface area contributed by atoms with Gasteiger partial charge < -0.3 is 9.47 Å². The molecule has 0 aliphatic heterocycles. The van der Waals surface area contributed by atoms with E-state index in [2.05, 4.69) is 19.8 Å². The molecule has 1 aromatic heterocycles. The highest BCUT2D eigenvalue weighted by molar-refractivity contribution is 7.98. The van der Waals surface area contributed by atoms with E-state index in [0.717, 1.165) is 16.8 Å². The number of benzene rings is 1. The van der Waals surface area contributed by atoms with Crippen molar-refractivity contribution in [2.75, 3.05) is 13.7 Å². The van der Waals surface area contributed by atoms with Gasteiger partial charge in [-0.2, -0.15) is 5.10 Å². The van der Waals surface area contributed by atoms with Gasteiger partial charge in [0.05, 0.1) is 24.8 Å². The summed E-state index contributed by atoms with van der Waals surface area (Å²) in [4.78, 5) is 12.5. The molecule has 0 saturated carbocycles. The molecule has 0 fully saturated rings. The molecule has 0 saturated heterocycles. The van der Waals surface area contributed by atoms with Crippen LogP contribution in [0.25, 0.3) is 0 Å². The van der Waals surface area contributed by atoms with E-state index < -0.39 is 5.97 Å². The van der Waals surface area contributed by atoms with Crippen molar-refractivity contribution >= 4 is 23.6 Å². The number of ether oxygens (including phenoxy) is 2. The van der Waals surface area contributed by atoms with Gasteiger partial charge in [-0.1, -0.05) is 12.1 Å². The van der Waals surface area contributed by atoms with E-state index >= 15 is 0 Å². The summed E-state index contributed by atoms with van der Waals surface area (Å²) in [6, 6.07) is 7.45. The minimum absolute atomic E-state index is 0.182. The number of para-hydroxylation sites is 1. The Morgan fingerprint density at radius 2 is 2.24 bits per heavy atom. The number of rotatable bonds is 6. The van der Waals surface area contributed by atoms with Gasteiger partial charge in [-0.25, -0.2) is 4.79 Å². The number of carbonyl (C=O) groups is 1. The smallest absolute Gasteiger partial charge is 0.358 e. The van der Waals surface area contributed by atoms with Crippen molar-refractivity contribution in [2.24, 2.45) is 9.63 Å². The summed E-state index contributed by atoms with van der Waals surface area (Å²) >= 11 is 1.14. The average Bonchev–Trinajstić information content (AvgIpc) is 2.96. The number of aromatic nitrogens is 2. The predicted molar refractivity (Wildman–Crippen MR) is 77.9 cm³/mol. The molecule has 8 heteroatoms. The van der Waals surface area contributed by atoms with Crippen LogP contribution in [0.2, 0.25) is 0 Å². The molecule has 0 aliphatic carbocycles. The lowest BCUT2D eigenvalue weighted by atomic mass is 10.3. The van der Waals surface area contributed by atoms with Gasteiger partial charge in [-0.05, 0) is 19.1 Å². The standard InChI is InChI=1S/C13H14N4O3S/c1-3-20-13(18)12-9(8-14-16-12)15-17-21-11-7-5-4-6-10(11)19-2/h4-8H,3H2,1-2H3,(H,14,16). The summed E-state index contributed by atoms with van der Waals surface area (Å²) in [6.45, 7) is 2.01. The van der Waals surface area contributed by atoms with Crippen LogP contribution < -0.4 is 4.74 Å². The minimum atomic E-state index is -0.508. The lowest BCUT2D eigenvalue weighted by Crippen LogP contribution is -2.05. The second-order valence-corrected chi connectivity index (χ2v) is 4.56. The molecule has 2 rings (SSSR count). The lowest BCUT2D eigenvalue weighted by Gasteiger charge is -2.03. The Morgan fingerprint density at radius 3 is 3.00 bits per heavy atom. The quantitative estimate of drug-likeness (QED) is 0.502. The molecule has 0 spiro atoms. The molecule has 0 radical (unpaired) electrons. The number of hydrogen-bond donors (Lipinski definition) is 1. The highest BCUT2D eigenvalue weighted by atomic mass is 32.2. The molecular formula is C13H14N4O3S. The van der Waals surface area contributed by atoms with Crippen LogP contribution in [-0.4, -0.2) is 29.9 Å². The van der Waals surface area contributed by atoms with Crippen LogP contribution in [0.4, 0.5) is 5.69 Å². The first-order chi connectivity index (χ1) is 10.3. The summed E-state index contributed by atoms with van der Waals surface area (Å²) < 4.78 is 14.1. The zero-order valence-electron chi connectivity index (χ0n) is 11.6. The first-order valence-corrected chi connectivity index (χ1v) is 6.95. The normalized spacial score (nSPS) is 10.8. The third-order valence-electron chi connectivity index (χ3n) is 2.46. The fourth-order valence-corrected chi connectivity index (χ4v) is 2.11. The largest absolute Gasteiger partial charge is 0.496 e. The third kappa shape index (κ3) is 3.82. The molecule has 110 valence electrons. The van der Waals surface area contributed by atoms with Crippen molar-refractivity contribution < 1.29 is 14.3 Å². The third-order valence-corrected chi connectivity index (χ3v) is 3.15. The van der Waals surface area contributed by atoms with Crippen LogP contribution in [0.3, 0.4) is 0 Å². The van der Waals surface area contributed by atoms with E-state index in [0.29, 0.717) is 11.4 Å². The minimum Gasteiger partial charge on any atom is -0.496 e. The van der Waals surface area contributed by atoms with Crippen LogP contribution in [0.1, 0.15) is 17.4 Å². The van der Waals surface area contributed by atoms with Gasteiger partial charge in [0.2, 0.25) is 0 Å². The highest BCUT2D eigenvalue weighted by Crippen LogP contribution is 2.31. The molecular weight excluding hydrogens is 292 g/mol. The predicted octanol–water partition coefficient (Wildman–Crippen LogP) is 3.39. The Labute approximate surface area is 125 Å². The number of esters is 1. The molecule has 1 N–H and O–H groups in total. The van der Waals surface area contributed by atoms with E-state index in [1.165, 1.54) is 6.20 Å². The summed E-state index contributed by atoms with van der Waals surface area (Å²) in [6.07, 6.45) is 1.42. The lowest BCUT2D eigenvalue weighted by molar-refractivity contribution is 0.0520. The Bertz CT molecular complexity index is 642. The van der Waals surface area contributed by atoms with Crippen LogP contribution >= 0.6 is 11.9 Å². The van der Waals surface area contributed by atoms with Crippen LogP contribution in [0.5, 0.6) is 5.75 Å². The van der Waals surface area contributed by atoms with Crippen molar-refractivity contribution in [3.05, 3.63) is 36.2 Å². The molecule has 1 heterocycles. The van der Waals surface area contributed by atoms with Crippen LogP contribution in [0.15, 0.2) is 45.0 Å². The number of hydrogen-bond acceptors (Lipinski definition) is 7. The fourth-order valence-electron chi connectivity index (χ4n) is 1.51. The Kier molecular flexibility index (Phi) is 5.33. The first kappa shape index (κ1) is 15.0. The molecule has 2 aromatic rings. The summed E-state index contributed by atoms with van der Waals surface area (Å²) in [5, 5.41) is 10.3. The maximum atomic E-state index is 11.6. The van der Waals surface area contributed by atoms with Gasteiger partial charge in [0, 0.05) is 11.9 Å². The van der Waals surface area contributed by atoms with Crippen molar-refractivity contribution in [2.45, 2.75) is 11.8 Å². The molecule has 0 unspecified atom stereocenters. The maximum absolute atomic E-state index is 11.6. The summed E-state index contributed by atoms with van der Waals surface area (Å²) in [7, 11) is 1.59. The SMILES string of the molecule is CCOC(=O)c1[nH]ncc1N=NSc1ccccc1OC. The van der Waals surface area contributed by atoms with Gasteiger partial charge in [0.1, 0.15) is 11.4 Å². The zero-order chi connectivity index (χ0) is 15.1. The van der Waals surface area contributed by atoms with Gasteiger partial charge in [0.25, 0.3) is 0 Å². The van der Waals surface area contributed by atoms with Gasteiger partial charge in [-0.15, -0.1) is 9.63 Å². The van der Waals surface area contributed by atoms with Gasteiger partial charge in [-0.3, -0.25) is 5.10 Å². The zero-order valence-corrected chi connectivity index (χ0v) is 12.4. The number of carbonyl (C=O) groups excluding carboxylic acids is 1. The number of methoxy groups -OCH3 is 1. The number of nitrogens with one attached hydrogen (secondary N) is 1. The van der Waals surface area contributed by atoms with E-state index in [9.17, 15) is 4.79 Å². The monoisotopic (exact) mass is 306 g/mol. The van der Waals surface area contributed by atoms with Crippen LogP contribution in [-0.2, 0) is 4.74 Å². The second-order valence-electron chi connectivity index (χ2n) is 3.77. The number of nitrogens with zero attached hydrogens (tertiary/aromatic N) is 3. The maximum Gasteiger partial charge on any atom is 0.358 e. The van der Waals surface area contributed by atoms with Gasteiger partial charge >= 0.3 is 5.97 Å². The van der Waals surface area contributed by atoms with Crippen molar-refractivity contribution in [1.29, 1.82) is 0 Å². The van der Waals surface area contributed by atoms with E-state index in [1.54, 1.807) is 14.0 Å². The molecule has 0 amide bonds. The molecule has 1 aromatic carbocycles. The Hall–Kier alpha value is -2.35. The van der Waals surface area contributed by atoms with E-state index in [-0.39, 0.29) is 12.3 Å². The van der Waals surface area contributed by atoms with Crippen LogP contribution in [0, 0.1) is 0 Å². The van der Waals surface area contributed by atoms with Crippen molar-refractivity contribution in [3.63, 3.8) is 0 Å². The first-order valence-electron chi connectivity index (χ1n) is 6.17. The second kappa shape index (κ2) is 7.44. The molecule has 21 heavy (non-hydrogen) atoms. The fraction of sp³-hybridized carbons (Fsp3) is 0.231. The topological polar surface area (TPSA) is 88.9 Å². The molecule has 7 nitrogen and oxygen atoms in total. The Balaban J connectivity index is 2.08. The molecule has 0 aliphatic rings. The number of H-pyrrole nitrogens is 1. The highest BCUT2D eigenvalue weighted by Gasteiger charge is 2.14. The Morgan fingerprint density at radius 1 is 1.43 bits per heavy atom. The van der Waals surface area contributed by atoms with Gasteiger partial charge in [0.15, 0.2) is 5.69 Å². The van der Waals surface area contributed by atoms with Crippen molar-refractivity contribution in [3.8, 4) is 5.75 Å². The van der Waals surface area contributed by atoms with E-state index in [4.69, 9.17) is 9.47 Å².